The molecule has 0 radical (unpaired) electrons. The van der Waals surface area contributed by atoms with Crippen molar-refractivity contribution in [2.75, 3.05) is 20.7 Å². The minimum Gasteiger partial charge on any atom is -0.489 e. The summed E-state index contributed by atoms with van der Waals surface area (Å²) in [4.78, 5) is 18.6. The molecule has 1 heterocycles. The molecule has 1 aromatic rings. The van der Waals surface area contributed by atoms with Crippen LogP contribution in [0.4, 0.5) is 4.79 Å². The Kier molecular flexibility index (Phi) is 7.42. The molecule has 0 spiro atoms. The second-order valence-electron chi connectivity index (χ2n) is 8.38. The van der Waals surface area contributed by atoms with Crippen molar-refractivity contribution >= 4 is 11.8 Å². The number of amides is 1. The van der Waals surface area contributed by atoms with E-state index in [1.54, 1.807) is 19.0 Å². The van der Waals surface area contributed by atoms with Crippen LogP contribution in [0, 0.1) is 6.92 Å². The average Bonchev–Trinajstić information content (AvgIpc) is 2.68. The van der Waals surface area contributed by atoms with Crippen molar-refractivity contribution in [2.24, 2.45) is 11.6 Å². The Labute approximate surface area is 179 Å². The zero-order chi connectivity index (χ0) is 21.7. The second-order valence-corrected chi connectivity index (χ2v) is 8.38. The van der Waals surface area contributed by atoms with E-state index in [0.29, 0.717) is 17.1 Å². The smallest absolute Gasteiger partial charge is 0.410 e. The van der Waals surface area contributed by atoms with Crippen molar-refractivity contribution in [1.82, 2.24) is 14.9 Å². The zero-order valence-corrected chi connectivity index (χ0v) is 18.4. The molecule has 4 N–H and O–H groups in total. The fourth-order valence-corrected chi connectivity index (χ4v) is 3.86. The number of nitrogens with two attached hydrogens (primary N) is 2. The van der Waals surface area contributed by atoms with Gasteiger partial charge in [0.2, 0.25) is 0 Å². The van der Waals surface area contributed by atoms with E-state index in [4.69, 9.17) is 21.1 Å². The van der Waals surface area contributed by atoms with E-state index < -0.39 is 0 Å². The van der Waals surface area contributed by atoms with Crippen LogP contribution in [-0.4, -0.2) is 53.8 Å². The molecule has 1 aromatic heterocycles. The molecule has 0 aromatic carbocycles. The highest BCUT2D eigenvalue weighted by Gasteiger charge is 2.27. The number of carbonyl (C=O) groups is 1. The molecule has 0 bridgehead atoms. The number of hydrogen-bond acceptors (Lipinski definition) is 7. The Bertz CT molecular complexity index is 770. The Morgan fingerprint density at radius 1 is 1.13 bits per heavy atom. The van der Waals surface area contributed by atoms with Crippen LogP contribution >= 0.6 is 0 Å². The summed E-state index contributed by atoms with van der Waals surface area (Å²) in [6, 6.07) is 3.99. The van der Waals surface area contributed by atoms with Gasteiger partial charge < -0.3 is 25.1 Å². The van der Waals surface area contributed by atoms with Crippen LogP contribution < -0.4 is 16.3 Å². The third-order valence-electron chi connectivity index (χ3n) is 6.14. The molecule has 0 saturated heterocycles. The molecule has 1 amide bonds. The molecule has 0 aliphatic heterocycles. The number of aromatic nitrogens is 1. The van der Waals surface area contributed by atoms with Crippen molar-refractivity contribution in [3.8, 4) is 5.75 Å². The number of nitrogens with zero attached hydrogens (tertiary/aromatic N) is 3. The van der Waals surface area contributed by atoms with Gasteiger partial charge in [0, 0.05) is 20.1 Å². The van der Waals surface area contributed by atoms with E-state index in [2.05, 4.69) is 4.98 Å². The van der Waals surface area contributed by atoms with Gasteiger partial charge in [-0.15, -0.1) is 0 Å². The van der Waals surface area contributed by atoms with Gasteiger partial charge in [0.25, 0.3) is 0 Å². The number of rotatable bonds is 7. The van der Waals surface area contributed by atoms with Crippen LogP contribution in [0.15, 0.2) is 17.8 Å². The topological polar surface area (TPSA) is 107 Å². The Hall–Kier alpha value is -2.48. The van der Waals surface area contributed by atoms with E-state index in [1.165, 1.54) is 24.3 Å². The van der Waals surface area contributed by atoms with Gasteiger partial charge in [-0.3, -0.25) is 0 Å². The molecular weight excluding hydrogens is 382 g/mol. The van der Waals surface area contributed by atoms with Crippen LogP contribution in [0.3, 0.4) is 0 Å². The first kappa shape index (κ1) is 22.2. The Morgan fingerprint density at radius 2 is 1.83 bits per heavy atom. The molecule has 8 nitrogen and oxygen atoms in total. The van der Waals surface area contributed by atoms with Gasteiger partial charge in [-0.2, -0.15) is 0 Å². The predicted octanol–water partition coefficient (Wildman–Crippen LogP) is 3.16. The van der Waals surface area contributed by atoms with E-state index in [9.17, 15) is 4.79 Å². The van der Waals surface area contributed by atoms with E-state index >= 15 is 0 Å². The predicted molar refractivity (Wildman–Crippen MR) is 116 cm³/mol. The number of aryl methyl sites for hydroxylation is 1. The monoisotopic (exact) mass is 417 g/mol. The molecule has 0 atom stereocenters. The summed E-state index contributed by atoms with van der Waals surface area (Å²) in [5.74, 6) is 6.75. The molecule has 2 aliphatic rings. The first-order valence-corrected chi connectivity index (χ1v) is 10.9. The van der Waals surface area contributed by atoms with Crippen LogP contribution in [0.25, 0.3) is 5.70 Å². The first-order chi connectivity index (χ1) is 14.4. The third kappa shape index (κ3) is 5.36. The summed E-state index contributed by atoms with van der Waals surface area (Å²) in [5.41, 5.74) is 8.59. The maximum absolute atomic E-state index is 12.3. The fraction of sp³-hybridized carbons (Fsp3) is 0.636. The lowest BCUT2D eigenvalue weighted by molar-refractivity contribution is 0.0821. The van der Waals surface area contributed by atoms with Gasteiger partial charge >= 0.3 is 6.09 Å². The van der Waals surface area contributed by atoms with Gasteiger partial charge in [-0.1, -0.05) is 6.42 Å². The summed E-state index contributed by atoms with van der Waals surface area (Å²) in [6.07, 6.45) is 8.97. The molecule has 2 fully saturated rings. The molecule has 166 valence electrons. The quantitative estimate of drug-likeness (QED) is 0.518. The highest BCUT2D eigenvalue weighted by molar-refractivity contribution is 5.69. The summed E-state index contributed by atoms with van der Waals surface area (Å²) in [7, 11) is 3.43. The summed E-state index contributed by atoms with van der Waals surface area (Å²) >= 11 is 0. The number of likely N-dealkylation sites (N-methyl/N-ethyl adjacent to an activating group) is 1. The zero-order valence-electron chi connectivity index (χ0n) is 18.4. The lowest BCUT2D eigenvalue weighted by atomic mass is 9.92. The number of hydrazine groups is 1. The van der Waals surface area contributed by atoms with E-state index in [0.717, 1.165) is 43.5 Å². The molecule has 3 rings (SSSR count). The van der Waals surface area contributed by atoms with Crippen molar-refractivity contribution in [2.45, 2.75) is 70.4 Å². The van der Waals surface area contributed by atoms with E-state index in [1.807, 2.05) is 19.1 Å². The van der Waals surface area contributed by atoms with Gasteiger partial charge in [0.1, 0.15) is 12.4 Å². The second kappa shape index (κ2) is 10.0. The number of pyridine rings is 1. The van der Waals surface area contributed by atoms with Gasteiger partial charge in [-0.05, 0) is 64.0 Å². The van der Waals surface area contributed by atoms with Gasteiger partial charge in [0.05, 0.1) is 28.9 Å². The molecule has 8 heteroatoms. The standard InChI is InChI=1S/C22H35N5O3/c1-15-20(30-17-10-5-4-6-11-17)13-12-18(25-15)21(23)19(27(3)24)14-29-22(28)26(2)16-8-7-9-16/h12-13,16-17H,4-11,14,23-24H2,1-3H3/b21-19-. The largest absolute Gasteiger partial charge is 0.489 e. The van der Waals surface area contributed by atoms with Crippen molar-refractivity contribution in [3.05, 3.63) is 29.2 Å². The molecule has 2 saturated carbocycles. The number of carbonyl (C=O) groups excluding carboxylic acids is 1. The lowest BCUT2D eigenvalue weighted by Gasteiger charge is -2.34. The van der Waals surface area contributed by atoms with Gasteiger partial charge in [0.15, 0.2) is 0 Å². The van der Waals surface area contributed by atoms with Crippen molar-refractivity contribution < 1.29 is 14.3 Å². The molecule has 30 heavy (non-hydrogen) atoms. The molecular formula is C22H35N5O3. The highest BCUT2D eigenvalue weighted by atomic mass is 16.6. The SMILES string of the molecule is Cc1nc(/C(N)=C(\COC(=O)N(C)C2CCC2)N(C)N)ccc1OC1CCCCC1. The highest BCUT2D eigenvalue weighted by Crippen LogP contribution is 2.27. The Morgan fingerprint density at radius 3 is 2.40 bits per heavy atom. The summed E-state index contributed by atoms with van der Waals surface area (Å²) < 4.78 is 11.6. The fourth-order valence-electron chi connectivity index (χ4n) is 3.86. The van der Waals surface area contributed by atoms with Crippen molar-refractivity contribution in [1.29, 1.82) is 0 Å². The summed E-state index contributed by atoms with van der Waals surface area (Å²) in [5, 5.41) is 1.37. The third-order valence-corrected chi connectivity index (χ3v) is 6.14. The number of ether oxygens (including phenoxy) is 2. The molecule has 0 unspecified atom stereocenters. The van der Waals surface area contributed by atoms with Crippen LogP contribution in [-0.2, 0) is 4.74 Å². The lowest BCUT2D eigenvalue weighted by Crippen LogP contribution is -2.42. The maximum Gasteiger partial charge on any atom is 0.410 e. The van der Waals surface area contributed by atoms with Crippen molar-refractivity contribution in [3.63, 3.8) is 0 Å². The average molecular weight is 418 g/mol. The van der Waals surface area contributed by atoms with Crippen LogP contribution in [0.1, 0.15) is 62.8 Å². The normalized spacial score (nSPS) is 18.3. The minimum atomic E-state index is -0.368. The number of hydrogen-bond donors (Lipinski definition) is 2. The Balaban J connectivity index is 1.68. The summed E-state index contributed by atoms with van der Waals surface area (Å²) in [6.45, 7) is 1.89. The minimum absolute atomic E-state index is 0.0181. The van der Waals surface area contributed by atoms with Crippen LogP contribution in [0.5, 0.6) is 5.75 Å². The maximum atomic E-state index is 12.3. The van der Waals surface area contributed by atoms with E-state index in [-0.39, 0.29) is 24.8 Å². The van der Waals surface area contributed by atoms with Crippen LogP contribution in [0.2, 0.25) is 0 Å². The molecule has 2 aliphatic carbocycles. The first-order valence-electron chi connectivity index (χ1n) is 10.9. The van der Waals surface area contributed by atoms with Gasteiger partial charge in [-0.25, -0.2) is 15.6 Å².